The molecule has 0 saturated heterocycles. The van der Waals surface area contributed by atoms with E-state index in [-0.39, 0.29) is 28.7 Å². The van der Waals surface area contributed by atoms with E-state index >= 15 is 0 Å². The Balaban J connectivity index is 2.55. The van der Waals surface area contributed by atoms with Crippen molar-refractivity contribution in [1.82, 2.24) is 0 Å². The zero-order valence-electron chi connectivity index (χ0n) is 11.6. The van der Waals surface area contributed by atoms with Crippen molar-refractivity contribution in [3.63, 3.8) is 0 Å². The van der Waals surface area contributed by atoms with Crippen LogP contribution < -0.4 is 0 Å². The molecule has 0 aromatic rings. The van der Waals surface area contributed by atoms with Gasteiger partial charge in [0.15, 0.2) is 0 Å². The van der Waals surface area contributed by atoms with Gasteiger partial charge in [0.05, 0.1) is 12.7 Å². The number of hydrogen-bond acceptors (Lipinski definition) is 4. The van der Waals surface area contributed by atoms with E-state index in [2.05, 4.69) is 20.8 Å². The smallest absolute Gasteiger partial charge is 0.337 e. The highest BCUT2D eigenvalue weighted by Gasteiger charge is 2.64. The van der Waals surface area contributed by atoms with Gasteiger partial charge >= 0.3 is 11.9 Å². The fourth-order valence-corrected chi connectivity index (χ4v) is 3.52. The van der Waals surface area contributed by atoms with Gasteiger partial charge in [-0.2, -0.15) is 0 Å². The second-order valence-electron chi connectivity index (χ2n) is 5.97. The topological polar surface area (TPSA) is 52.6 Å². The molecular weight excluding hydrogens is 232 g/mol. The average molecular weight is 252 g/mol. The number of rotatable bonds is 2. The third-order valence-corrected chi connectivity index (χ3v) is 4.97. The first-order valence-corrected chi connectivity index (χ1v) is 6.27. The molecule has 0 amide bonds. The fraction of sp³-hybridized carbons (Fsp3) is 0.714. The van der Waals surface area contributed by atoms with E-state index in [9.17, 15) is 9.59 Å². The average Bonchev–Trinajstić information content (AvgIpc) is 2.59. The van der Waals surface area contributed by atoms with E-state index in [1.807, 2.05) is 0 Å². The highest BCUT2D eigenvalue weighted by molar-refractivity contribution is 5.92. The van der Waals surface area contributed by atoms with E-state index < -0.39 is 0 Å². The Bertz CT molecular complexity index is 447. The molecule has 100 valence electrons. The quantitative estimate of drug-likeness (QED) is 0.708. The van der Waals surface area contributed by atoms with Gasteiger partial charge in [0.1, 0.15) is 5.76 Å². The summed E-state index contributed by atoms with van der Waals surface area (Å²) in [4.78, 5) is 23.2. The van der Waals surface area contributed by atoms with Gasteiger partial charge in [-0.25, -0.2) is 4.79 Å². The summed E-state index contributed by atoms with van der Waals surface area (Å²) in [6.45, 7) is 7.69. The van der Waals surface area contributed by atoms with Gasteiger partial charge < -0.3 is 9.47 Å². The second-order valence-corrected chi connectivity index (χ2v) is 5.97. The van der Waals surface area contributed by atoms with Gasteiger partial charge in [-0.1, -0.05) is 20.8 Å². The molecule has 1 saturated carbocycles. The zero-order chi connectivity index (χ0) is 13.7. The van der Waals surface area contributed by atoms with E-state index in [4.69, 9.17) is 9.47 Å². The van der Waals surface area contributed by atoms with E-state index in [1.54, 1.807) is 0 Å². The summed E-state index contributed by atoms with van der Waals surface area (Å²) in [5, 5.41) is 0. The SMILES string of the molecule is COC(=O)C1=C(OC(C)=O)[C@]2(C)CC[C@@H]1C2(C)C. The third-order valence-electron chi connectivity index (χ3n) is 4.97. The normalized spacial score (nSPS) is 32.6. The van der Waals surface area contributed by atoms with Crippen LogP contribution in [0.15, 0.2) is 11.3 Å². The van der Waals surface area contributed by atoms with Crippen LogP contribution in [0.25, 0.3) is 0 Å². The number of ether oxygens (including phenoxy) is 2. The third kappa shape index (κ3) is 1.44. The Hall–Kier alpha value is -1.32. The molecule has 0 radical (unpaired) electrons. The number of allylic oxidation sites excluding steroid dienone is 1. The van der Waals surface area contributed by atoms with Crippen LogP contribution in [-0.2, 0) is 19.1 Å². The van der Waals surface area contributed by atoms with Crippen molar-refractivity contribution >= 4 is 11.9 Å². The summed E-state index contributed by atoms with van der Waals surface area (Å²) in [6.07, 6.45) is 1.88. The highest BCUT2D eigenvalue weighted by Crippen LogP contribution is 2.68. The van der Waals surface area contributed by atoms with Gasteiger partial charge in [0.2, 0.25) is 0 Å². The lowest BCUT2D eigenvalue weighted by molar-refractivity contribution is -0.140. The van der Waals surface area contributed by atoms with Crippen LogP contribution in [-0.4, -0.2) is 19.0 Å². The maximum Gasteiger partial charge on any atom is 0.337 e. The minimum absolute atomic E-state index is 0.0820. The molecule has 0 aromatic carbocycles. The Morgan fingerprint density at radius 3 is 2.39 bits per heavy atom. The molecule has 4 heteroatoms. The van der Waals surface area contributed by atoms with Crippen LogP contribution in [0.2, 0.25) is 0 Å². The predicted octanol–water partition coefficient (Wildman–Crippen LogP) is 2.43. The minimum atomic E-state index is -0.379. The summed E-state index contributed by atoms with van der Waals surface area (Å²) in [6, 6.07) is 0. The first kappa shape index (κ1) is 13.1. The highest BCUT2D eigenvalue weighted by atomic mass is 16.5. The number of carbonyl (C=O) groups excluding carboxylic acids is 2. The van der Waals surface area contributed by atoms with E-state index in [0.29, 0.717) is 11.3 Å². The molecule has 0 aromatic heterocycles. The Morgan fingerprint density at radius 2 is 1.89 bits per heavy atom. The minimum Gasteiger partial charge on any atom is -0.466 e. The summed E-state index contributed by atoms with van der Waals surface area (Å²) in [7, 11) is 1.36. The van der Waals surface area contributed by atoms with Crippen LogP contribution in [0.4, 0.5) is 0 Å². The summed E-state index contributed by atoms with van der Waals surface area (Å²) in [5.74, 6) is -0.101. The van der Waals surface area contributed by atoms with Gasteiger partial charge in [-0.15, -0.1) is 0 Å². The van der Waals surface area contributed by atoms with Crippen molar-refractivity contribution in [1.29, 1.82) is 0 Å². The molecule has 2 bridgehead atoms. The van der Waals surface area contributed by atoms with Gasteiger partial charge in [0.25, 0.3) is 0 Å². The second kappa shape index (κ2) is 3.84. The number of methoxy groups -OCH3 is 1. The molecule has 0 unspecified atom stereocenters. The van der Waals surface area contributed by atoms with Gasteiger partial charge in [0, 0.05) is 18.3 Å². The molecule has 2 rings (SSSR count). The van der Waals surface area contributed by atoms with Crippen molar-refractivity contribution in [2.24, 2.45) is 16.7 Å². The lowest BCUT2D eigenvalue weighted by Crippen LogP contribution is -2.31. The predicted molar refractivity (Wildman–Crippen MR) is 65.4 cm³/mol. The molecular formula is C14H20O4. The molecule has 2 atom stereocenters. The Labute approximate surface area is 107 Å². The summed E-state index contributed by atoms with van der Waals surface area (Å²) >= 11 is 0. The molecule has 2 aliphatic carbocycles. The molecule has 0 N–H and O–H groups in total. The van der Waals surface area contributed by atoms with Crippen molar-refractivity contribution in [2.75, 3.05) is 7.11 Å². The monoisotopic (exact) mass is 252 g/mol. The van der Waals surface area contributed by atoms with Crippen molar-refractivity contribution in [3.05, 3.63) is 11.3 Å². The maximum absolute atomic E-state index is 12.0. The van der Waals surface area contributed by atoms with Crippen LogP contribution in [0.3, 0.4) is 0 Å². The molecule has 0 spiro atoms. The largest absolute Gasteiger partial charge is 0.466 e. The van der Waals surface area contributed by atoms with Crippen LogP contribution in [0.1, 0.15) is 40.5 Å². The summed E-state index contributed by atoms with van der Waals surface area (Å²) in [5.41, 5.74) is 0.222. The molecule has 18 heavy (non-hydrogen) atoms. The Kier molecular flexibility index (Phi) is 2.80. The van der Waals surface area contributed by atoms with Crippen LogP contribution in [0, 0.1) is 16.7 Å². The number of hydrogen-bond donors (Lipinski definition) is 0. The van der Waals surface area contributed by atoms with Gasteiger partial charge in [-0.05, 0) is 18.3 Å². The van der Waals surface area contributed by atoms with Crippen molar-refractivity contribution in [3.8, 4) is 0 Å². The van der Waals surface area contributed by atoms with E-state index in [0.717, 1.165) is 12.8 Å². The molecule has 4 nitrogen and oxygen atoms in total. The Morgan fingerprint density at radius 1 is 1.28 bits per heavy atom. The van der Waals surface area contributed by atoms with Crippen molar-refractivity contribution < 1.29 is 19.1 Å². The molecule has 2 aliphatic rings. The number of carbonyl (C=O) groups is 2. The molecule has 0 heterocycles. The first-order chi connectivity index (χ1) is 8.25. The van der Waals surface area contributed by atoms with Crippen molar-refractivity contribution in [2.45, 2.75) is 40.5 Å². The molecule has 0 aliphatic heterocycles. The summed E-state index contributed by atoms with van der Waals surface area (Å²) < 4.78 is 10.2. The zero-order valence-corrected chi connectivity index (χ0v) is 11.6. The number of esters is 2. The lowest BCUT2D eigenvalue weighted by Gasteiger charge is -2.35. The van der Waals surface area contributed by atoms with Crippen LogP contribution in [0.5, 0.6) is 0 Å². The maximum atomic E-state index is 12.0. The van der Waals surface area contributed by atoms with E-state index in [1.165, 1.54) is 14.0 Å². The fourth-order valence-electron chi connectivity index (χ4n) is 3.52. The first-order valence-electron chi connectivity index (χ1n) is 6.27. The van der Waals surface area contributed by atoms with Crippen LogP contribution >= 0.6 is 0 Å². The number of fused-ring (bicyclic) bond motifs is 2. The molecule has 1 fully saturated rings. The lowest BCUT2D eigenvalue weighted by atomic mass is 9.69. The standard InChI is InChI=1S/C14H20O4/c1-8(15)18-11-10(12(16)17-5)9-6-7-14(11,4)13(9,2)3/h9H,6-7H2,1-5H3/t9-,14-/m0/s1. The van der Waals surface area contributed by atoms with Gasteiger partial charge in [-0.3, -0.25) is 4.79 Å².